The third-order valence-electron chi connectivity index (χ3n) is 5.27. The molecule has 0 bridgehead atoms. The lowest BCUT2D eigenvalue weighted by Gasteiger charge is -2.20. The van der Waals surface area contributed by atoms with Crippen molar-refractivity contribution in [3.63, 3.8) is 0 Å². The molecule has 6 heteroatoms. The maximum atomic E-state index is 12.2. The molecule has 0 atom stereocenters. The van der Waals surface area contributed by atoms with Gasteiger partial charge in [-0.1, -0.05) is 24.6 Å². The van der Waals surface area contributed by atoms with Gasteiger partial charge in [-0.05, 0) is 31.4 Å². The Morgan fingerprint density at radius 3 is 2.93 bits per heavy atom. The molecule has 152 valence electrons. The molecule has 1 aliphatic heterocycles. The summed E-state index contributed by atoms with van der Waals surface area (Å²) in [6, 6.07) is 10.2. The van der Waals surface area contributed by atoms with Crippen LogP contribution in [0.2, 0.25) is 0 Å². The first-order chi connectivity index (χ1) is 14.2. The summed E-state index contributed by atoms with van der Waals surface area (Å²) in [5.41, 5.74) is 2.02. The van der Waals surface area contributed by atoms with Crippen molar-refractivity contribution in [1.82, 2.24) is 14.8 Å². The zero-order valence-corrected chi connectivity index (χ0v) is 16.8. The van der Waals surface area contributed by atoms with E-state index in [0.717, 1.165) is 48.7 Å². The molecule has 1 N–H and O–H groups in total. The summed E-state index contributed by atoms with van der Waals surface area (Å²) < 4.78 is 2.05. The quantitative estimate of drug-likeness (QED) is 0.552. The van der Waals surface area contributed by atoms with Crippen molar-refractivity contribution in [2.24, 2.45) is 0 Å². The van der Waals surface area contributed by atoms with E-state index in [1.54, 1.807) is 6.08 Å². The molecule has 1 saturated heterocycles. The predicted octanol–water partition coefficient (Wildman–Crippen LogP) is 3.48. The van der Waals surface area contributed by atoms with Crippen LogP contribution in [0.1, 0.15) is 44.1 Å². The van der Waals surface area contributed by atoms with Gasteiger partial charge in [0.25, 0.3) is 0 Å². The lowest BCUT2D eigenvalue weighted by molar-refractivity contribution is -0.130. The molecule has 0 unspecified atom stereocenters. The monoisotopic (exact) mass is 392 g/mol. The maximum absolute atomic E-state index is 12.2. The molecule has 0 spiro atoms. The minimum atomic E-state index is -0.138. The number of para-hydroxylation sites is 1. The van der Waals surface area contributed by atoms with Crippen LogP contribution in [0.15, 0.2) is 36.5 Å². The number of hydrogen-bond donors (Lipinski definition) is 1. The van der Waals surface area contributed by atoms with Crippen molar-refractivity contribution in [2.45, 2.75) is 45.1 Å². The number of nitrogens with one attached hydrogen (secondary N) is 1. The number of aryl methyl sites for hydroxylation is 1. The van der Waals surface area contributed by atoms with E-state index in [4.69, 9.17) is 5.26 Å². The van der Waals surface area contributed by atoms with Gasteiger partial charge in [0.05, 0.1) is 12.5 Å². The van der Waals surface area contributed by atoms with Gasteiger partial charge in [-0.3, -0.25) is 9.59 Å². The number of benzene rings is 1. The maximum Gasteiger partial charge on any atom is 0.244 e. The van der Waals surface area contributed by atoms with Crippen LogP contribution in [0.4, 0.5) is 0 Å². The minimum Gasteiger partial charge on any atom is -0.352 e. The third kappa shape index (κ3) is 5.71. The van der Waals surface area contributed by atoms with Gasteiger partial charge < -0.3 is 14.8 Å². The average Bonchev–Trinajstić information content (AvgIpc) is 2.96. The number of amides is 2. The molecule has 2 amide bonds. The van der Waals surface area contributed by atoms with Crippen molar-refractivity contribution >= 4 is 28.8 Å². The molecule has 6 nitrogen and oxygen atoms in total. The summed E-state index contributed by atoms with van der Waals surface area (Å²) in [6.45, 7) is 2.72. The van der Waals surface area contributed by atoms with Gasteiger partial charge in [-0.25, -0.2) is 0 Å². The topological polar surface area (TPSA) is 78.1 Å². The Bertz CT molecular complexity index is 923. The van der Waals surface area contributed by atoms with Gasteiger partial charge in [0.1, 0.15) is 0 Å². The molecule has 1 aromatic heterocycles. The number of rotatable bonds is 8. The molecule has 1 aliphatic rings. The van der Waals surface area contributed by atoms with Crippen molar-refractivity contribution < 1.29 is 9.59 Å². The highest BCUT2D eigenvalue weighted by atomic mass is 16.2. The molecular formula is C23H28N4O2. The molecule has 1 fully saturated rings. The Morgan fingerprint density at radius 2 is 2.07 bits per heavy atom. The minimum absolute atomic E-state index is 0.138. The Morgan fingerprint density at radius 1 is 1.21 bits per heavy atom. The third-order valence-corrected chi connectivity index (χ3v) is 5.27. The van der Waals surface area contributed by atoms with Crippen LogP contribution in [-0.4, -0.2) is 40.9 Å². The van der Waals surface area contributed by atoms with E-state index < -0.39 is 0 Å². The lowest BCUT2D eigenvalue weighted by atomic mass is 10.1. The first kappa shape index (κ1) is 20.7. The number of hydrogen-bond acceptors (Lipinski definition) is 3. The fourth-order valence-corrected chi connectivity index (χ4v) is 3.74. The van der Waals surface area contributed by atoms with Gasteiger partial charge in [0.15, 0.2) is 0 Å². The Hall–Kier alpha value is -3.07. The second kappa shape index (κ2) is 10.5. The van der Waals surface area contributed by atoms with E-state index in [0.29, 0.717) is 32.5 Å². The van der Waals surface area contributed by atoms with Crippen LogP contribution in [0.25, 0.3) is 17.0 Å². The first-order valence-corrected chi connectivity index (χ1v) is 10.4. The molecular weight excluding hydrogens is 364 g/mol. The summed E-state index contributed by atoms with van der Waals surface area (Å²) in [5.74, 6) is 0.0996. The van der Waals surface area contributed by atoms with E-state index >= 15 is 0 Å². The fraction of sp³-hybridized carbons (Fsp3) is 0.435. The molecule has 0 saturated carbocycles. The first-order valence-electron chi connectivity index (χ1n) is 10.4. The van der Waals surface area contributed by atoms with Crippen molar-refractivity contribution in [3.8, 4) is 6.07 Å². The Labute approximate surface area is 171 Å². The summed E-state index contributed by atoms with van der Waals surface area (Å²) in [6.07, 6.45) is 10.4. The van der Waals surface area contributed by atoms with Gasteiger partial charge in [0.2, 0.25) is 11.8 Å². The van der Waals surface area contributed by atoms with Crippen LogP contribution < -0.4 is 5.32 Å². The van der Waals surface area contributed by atoms with Gasteiger partial charge in [-0.2, -0.15) is 5.26 Å². The number of carbonyl (C=O) groups excluding carboxylic acids is 2. The number of likely N-dealkylation sites (tertiary alicyclic amines) is 1. The fourth-order valence-electron chi connectivity index (χ4n) is 3.74. The average molecular weight is 393 g/mol. The zero-order chi connectivity index (χ0) is 20.5. The van der Waals surface area contributed by atoms with Gasteiger partial charge >= 0.3 is 0 Å². The van der Waals surface area contributed by atoms with E-state index in [-0.39, 0.29) is 11.8 Å². The second-order valence-electron chi connectivity index (χ2n) is 7.37. The summed E-state index contributed by atoms with van der Waals surface area (Å²) in [5, 5.41) is 12.8. The Kier molecular flexibility index (Phi) is 7.46. The van der Waals surface area contributed by atoms with Gasteiger partial charge in [-0.15, -0.1) is 0 Å². The molecule has 2 aromatic rings. The standard InChI is InChI=1S/C23H28N4O2/c24-13-6-16-27-18-19(20-8-3-4-9-21(20)27)11-12-22(28)25-14-7-17-26-15-5-1-2-10-23(26)29/h3-4,8-9,11-12,18H,1-2,5-7,10,14-17H2,(H,25,28)/b12-11+. The SMILES string of the molecule is N#CCCn1cc(/C=C/C(=O)NCCCN2CCCCCC2=O)c2ccccc21. The number of carbonyl (C=O) groups is 2. The highest BCUT2D eigenvalue weighted by Crippen LogP contribution is 2.22. The smallest absolute Gasteiger partial charge is 0.244 e. The molecule has 3 rings (SSSR count). The van der Waals surface area contributed by atoms with E-state index in [2.05, 4.69) is 11.4 Å². The number of nitriles is 1. The van der Waals surface area contributed by atoms with Crippen molar-refractivity contribution in [2.75, 3.05) is 19.6 Å². The van der Waals surface area contributed by atoms with Crippen LogP contribution in [0.5, 0.6) is 0 Å². The largest absolute Gasteiger partial charge is 0.352 e. The van der Waals surface area contributed by atoms with E-state index in [1.807, 2.05) is 46.0 Å². The zero-order valence-electron chi connectivity index (χ0n) is 16.8. The summed E-state index contributed by atoms with van der Waals surface area (Å²) in [7, 11) is 0. The lowest BCUT2D eigenvalue weighted by Crippen LogP contribution is -2.33. The van der Waals surface area contributed by atoms with Crippen molar-refractivity contribution in [3.05, 3.63) is 42.1 Å². The van der Waals surface area contributed by atoms with E-state index in [9.17, 15) is 9.59 Å². The van der Waals surface area contributed by atoms with Crippen molar-refractivity contribution in [1.29, 1.82) is 5.26 Å². The number of aromatic nitrogens is 1. The molecule has 29 heavy (non-hydrogen) atoms. The predicted molar refractivity (Wildman–Crippen MR) is 114 cm³/mol. The normalized spacial score (nSPS) is 14.9. The number of nitrogens with zero attached hydrogens (tertiary/aromatic N) is 3. The molecule has 0 radical (unpaired) electrons. The summed E-state index contributed by atoms with van der Waals surface area (Å²) in [4.78, 5) is 26.1. The number of fused-ring (bicyclic) bond motifs is 1. The Balaban J connectivity index is 1.51. The van der Waals surface area contributed by atoms with Crippen LogP contribution in [0.3, 0.4) is 0 Å². The molecule has 2 heterocycles. The summed E-state index contributed by atoms with van der Waals surface area (Å²) >= 11 is 0. The molecule has 0 aliphatic carbocycles. The van der Waals surface area contributed by atoms with Crippen LogP contribution >= 0.6 is 0 Å². The highest BCUT2D eigenvalue weighted by Gasteiger charge is 2.15. The second-order valence-corrected chi connectivity index (χ2v) is 7.37. The van der Waals surface area contributed by atoms with Gasteiger partial charge in [0, 0.05) is 61.3 Å². The van der Waals surface area contributed by atoms with Crippen LogP contribution in [-0.2, 0) is 16.1 Å². The van der Waals surface area contributed by atoms with E-state index in [1.165, 1.54) is 0 Å². The highest BCUT2D eigenvalue weighted by molar-refractivity contribution is 5.96. The van der Waals surface area contributed by atoms with Crippen LogP contribution in [0, 0.1) is 11.3 Å². The molecule has 1 aromatic carbocycles.